The van der Waals surface area contributed by atoms with E-state index < -0.39 is 5.23 Å². The molecule has 0 aliphatic heterocycles. The summed E-state index contributed by atoms with van der Waals surface area (Å²) in [5.41, 5.74) is 1.18. The van der Waals surface area contributed by atoms with E-state index in [-0.39, 0.29) is 22.0 Å². The van der Waals surface area contributed by atoms with Crippen molar-refractivity contribution in [2.45, 2.75) is 0 Å². The number of hydrogen-bond donors (Lipinski definition) is 3. The molecule has 5 nitrogen and oxygen atoms in total. The minimum Gasteiger partial charge on any atom is -0.595 e. The Morgan fingerprint density at radius 1 is 1.23 bits per heavy atom. The Labute approximate surface area is 136 Å². The minimum absolute atomic E-state index is 0.0808. The predicted octanol–water partition coefficient (Wildman–Crippen LogP) is 3.17. The number of phenolic OH excluding ortho intramolecular Hbond substituents is 1. The van der Waals surface area contributed by atoms with Crippen molar-refractivity contribution in [3.63, 3.8) is 0 Å². The third-order valence-corrected chi connectivity index (χ3v) is 3.43. The van der Waals surface area contributed by atoms with Crippen molar-refractivity contribution in [1.82, 2.24) is 0 Å². The Balaban J connectivity index is 2.46. The standard InChI is InChI=1S/C15H10Cl2N2O3/c16-12-6-10(15(20)14(17)7-12)5-11(8-18)9-1-3-13(4-2-9)19(21)22/h1-7,19-21H/b11-5-. The number of allylic oxidation sites excluding steroid dienone is 1. The molecule has 0 aliphatic rings. The molecule has 3 N–H and O–H groups in total. The Hall–Kier alpha value is -2.07. The average Bonchev–Trinajstić information content (AvgIpc) is 2.49. The third-order valence-electron chi connectivity index (χ3n) is 2.92. The van der Waals surface area contributed by atoms with Crippen molar-refractivity contribution in [3.8, 4) is 11.8 Å². The maximum Gasteiger partial charge on any atom is 0.163 e. The Morgan fingerprint density at radius 3 is 2.41 bits per heavy atom. The van der Waals surface area contributed by atoms with Crippen LogP contribution in [0.3, 0.4) is 0 Å². The van der Waals surface area contributed by atoms with Gasteiger partial charge in [-0.15, -0.1) is 0 Å². The molecule has 0 heterocycles. The van der Waals surface area contributed by atoms with Gasteiger partial charge in [-0.25, -0.2) is 5.21 Å². The molecule has 2 rings (SSSR count). The first-order valence-corrected chi connectivity index (χ1v) is 6.81. The maximum absolute atomic E-state index is 10.8. The zero-order valence-corrected chi connectivity index (χ0v) is 12.6. The van der Waals surface area contributed by atoms with E-state index in [0.29, 0.717) is 16.1 Å². The van der Waals surface area contributed by atoms with Crippen LogP contribution < -0.4 is 5.23 Å². The fourth-order valence-electron chi connectivity index (χ4n) is 1.82. The van der Waals surface area contributed by atoms with Crippen LogP contribution in [0.1, 0.15) is 11.1 Å². The van der Waals surface area contributed by atoms with Crippen molar-refractivity contribution in [1.29, 1.82) is 5.26 Å². The van der Waals surface area contributed by atoms with Crippen molar-refractivity contribution >= 4 is 40.5 Å². The molecule has 0 radical (unpaired) electrons. The number of rotatable bonds is 3. The number of aromatic hydroxyl groups is 1. The molecule has 0 saturated heterocycles. The fourth-order valence-corrected chi connectivity index (χ4v) is 2.33. The highest BCUT2D eigenvalue weighted by Crippen LogP contribution is 2.33. The largest absolute Gasteiger partial charge is 0.595 e. The first-order chi connectivity index (χ1) is 10.4. The topological polar surface area (TPSA) is 91.8 Å². The van der Waals surface area contributed by atoms with Gasteiger partial charge in [-0.2, -0.15) is 10.5 Å². The molecular formula is C15H10Cl2N2O3. The summed E-state index contributed by atoms with van der Waals surface area (Å²) in [6, 6.07) is 10.7. The number of benzene rings is 2. The van der Waals surface area contributed by atoms with Gasteiger partial charge in [0.1, 0.15) is 5.75 Å². The van der Waals surface area contributed by atoms with E-state index in [1.54, 1.807) is 0 Å². The Kier molecular flexibility index (Phi) is 5.03. The van der Waals surface area contributed by atoms with E-state index >= 15 is 0 Å². The van der Waals surface area contributed by atoms with Crippen LogP contribution in [0.15, 0.2) is 36.4 Å². The van der Waals surface area contributed by atoms with E-state index in [9.17, 15) is 15.6 Å². The summed E-state index contributed by atoms with van der Waals surface area (Å²) < 4.78 is 0. The average molecular weight is 337 g/mol. The van der Waals surface area contributed by atoms with Crippen molar-refractivity contribution in [3.05, 3.63) is 62.8 Å². The molecule has 2 aromatic rings. The zero-order valence-electron chi connectivity index (χ0n) is 11.0. The molecule has 22 heavy (non-hydrogen) atoms. The molecule has 0 spiro atoms. The normalized spacial score (nSPS) is 12.8. The monoisotopic (exact) mass is 336 g/mol. The molecule has 7 heteroatoms. The molecule has 0 bridgehead atoms. The molecular weight excluding hydrogens is 327 g/mol. The smallest absolute Gasteiger partial charge is 0.163 e. The summed E-state index contributed by atoms with van der Waals surface area (Å²) in [5, 5.41) is 38.2. The van der Waals surface area contributed by atoms with Crippen LogP contribution in [0.4, 0.5) is 5.69 Å². The van der Waals surface area contributed by atoms with Gasteiger partial charge in [-0.3, -0.25) is 0 Å². The maximum atomic E-state index is 10.8. The lowest BCUT2D eigenvalue weighted by molar-refractivity contribution is -0.991. The number of nitrogens with zero attached hydrogens (tertiary/aromatic N) is 1. The molecule has 0 saturated carbocycles. The SMILES string of the molecule is N#C/C(=C/c1cc(Cl)cc(Cl)c1O)c1ccc([NH+]([O-])O)cc1. The number of hydrogen-bond acceptors (Lipinski definition) is 4. The van der Waals surface area contributed by atoms with E-state index in [4.69, 9.17) is 28.4 Å². The van der Waals surface area contributed by atoms with Crippen molar-refractivity contribution in [2.24, 2.45) is 0 Å². The number of nitriles is 1. The van der Waals surface area contributed by atoms with E-state index in [0.717, 1.165) is 0 Å². The lowest BCUT2D eigenvalue weighted by atomic mass is 10.0. The van der Waals surface area contributed by atoms with Crippen LogP contribution in [-0.2, 0) is 0 Å². The van der Waals surface area contributed by atoms with Gasteiger partial charge in [0.15, 0.2) is 5.69 Å². The first-order valence-electron chi connectivity index (χ1n) is 6.06. The Morgan fingerprint density at radius 2 is 1.86 bits per heavy atom. The summed E-state index contributed by atoms with van der Waals surface area (Å²) in [7, 11) is 0. The van der Waals surface area contributed by atoms with Crippen LogP contribution in [0.5, 0.6) is 5.75 Å². The molecule has 1 atom stereocenters. The zero-order chi connectivity index (χ0) is 16.3. The van der Waals surface area contributed by atoms with Crippen molar-refractivity contribution in [2.75, 3.05) is 0 Å². The second-order valence-electron chi connectivity index (χ2n) is 4.38. The number of nitrogens with one attached hydrogen (secondary N) is 1. The van der Waals surface area contributed by atoms with E-state index in [1.165, 1.54) is 42.5 Å². The summed E-state index contributed by atoms with van der Waals surface area (Å²) in [5.74, 6) is -0.180. The third kappa shape index (κ3) is 3.57. The number of quaternary nitrogens is 1. The van der Waals surface area contributed by atoms with Gasteiger partial charge < -0.3 is 10.3 Å². The van der Waals surface area contributed by atoms with Gasteiger partial charge in [0, 0.05) is 22.7 Å². The van der Waals surface area contributed by atoms with Gasteiger partial charge in [0.25, 0.3) is 0 Å². The number of halogens is 2. The molecule has 112 valence electrons. The highest BCUT2D eigenvalue weighted by molar-refractivity contribution is 6.35. The van der Waals surface area contributed by atoms with E-state index in [2.05, 4.69) is 0 Å². The highest BCUT2D eigenvalue weighted by atomic mass is 35.5. The lowest BCUT2D eigenvalue weighted by Crippen LogP contribution is -2.99. The summed E-state index contributed by atoms with van der Waals surface area (Å²) >= 11 is 11.7. The molecule has 0 fully saturated rings. The van der Waals surface area contributed by atoms with Crippen LogP contribution in [0, 0.1) is 16.5 Å². The van der Waals surface area contributed by atoms with Gasteiger partial charge in [0.05, 0.1) is 16.7 Å². The van der Waals surface area contributed by atoms with Gasteiger partial charge in [-0.1, -0.05) is 23.2 Å². The van der Waals surface area contributed by atoms with Crippen LogP contribution in [0.25, 0.3) is 11.6 Å². The fraction of sp³-hybridized carbons (Fsp3) is 0. The molecule has 0 amide bonds. The van der Waals surface area contributed by atoms with Crippen LogP contribution in [0.2, 0.25) is 10.0 Å². The molecule has 1 unspecified atom stereocenters. The van der Waals surface area contributed by atoms with E-state index in [1.807, 2.05) is 6.07 Å². The lowest BCUT2D eigenvalue weighted by Gasteiger charge is -2.11. The summed E-state index contributed by atoms with van der Waals surface area (Å²) in [6.45, 7) is 0. The van der Waals surface area contributed by atoms with Crippen LogP contribution in [-0.4, -0.2) is 10.3 Å². The Bertz CT molecular complexity index is 766. The quantitative estimate of drug-likeness (QED) is 0.456. The molecule has 0 aromatic heterocycles. The van der Waals surface area contributed by atoms with Crippen molar-refractivity contribution < 1.29 is 15.5 Å². The number of phenols is 1. The van der Waals surface area contributed by atoms with Gasteiger partial charge in [0.2, 0.25) is 0 Å². The van der Waals surface area contributed by atoms with Gasteiger partial charge in [-0.05, 0) is 35.9 Å². The highest BCUT2D eigenvalue weighted by Gasteiger charge is 2.09. The first kappa shape index (κ1) is 16.3. The van der Waals surface area contributed by atoms with Crippen LogP contribution >= 0.6 is 23.2 Å². The second-order valence-corrected chi connectivity index (χ2v) is 5.22. The van der Waals surface area contributed by atoms with Gasteiger partial charge >= 0.3 is 0 Å². The summed E-state index contributed by atoms with van der Waals surface area (Å²) in [4.78, 5) is 0. The molecule has 2 aromatic carbocycles. The molecule has 0 aliphatic carbocycles. The predicted molar refractivity (Wildman–Crippen MR) is 83.8 cm³/mol. The summed E-state index contributed by atoms with van der Waals surface area (Å²) in [6.07, 6.45) is 1.43. The minimum atomic E-state index is -1.05. The second kappa shape index (κ2) is 6.79.